The van der Waals surface area contributed by atoms with E-state index >= 15 is 0 Å². The fourth-order valence-corrected chi connectivity index (χ4v) is 4.61. The van der Waals surface area contributed by atoms with Crippen molar-refractivity contribution in [2.24, 2.45) is 0 Å². The molecular weight excluding hydrogens is 383 g/mol. The second-order valence-electron chi connectivity index (χ2n) is 6.68. The van der Waals surface area contributed by atoms with Crippen molar-refractivity contribution in [3.8, 4) is 11.3 Å². The third-order valence-corrected chi connectivity index (χ3v) is 6.58. The van der Waals surface area contributed by atoms with Gasteiger partial charge in [0.1, 0.15) is 17.8 Å². The molecule has 9 heteroatoms. The standard InChI is InChI=1S/C19H15FN4O3S/c20-17-3-2-15(6-16(17)18-10-27-11-22-18)28(25,26)24-19-4-1-12(14-7-21-8-14)5-13(19)9-23-24/h1-6,9-11,14,21H,7-8H2. The van der Waals surface area contributed by atoms with Crippen LogP contribution in [0.25, 0.3) is 22.2 Å². The van der Waals surface area contributed by atoms with Gasteiger partial charge in [0.15, 0.2) is 6.39 Å². The SMILES string of the molecule is O=S(=O)(c1ccc(F)c(-c2cocn2)c1)n1ncc2cc(C3CNC3)ccc21. The van der Waals surface area contributed by atoms with Gasteiger partial charge in [0, 0.05) is 30.0 Å². The maximum Gasteiger partial charge on any atom is 0.283 e. The summed E-state index contributed by atoms with van der Waals surface area (Å²) in [6, 6.07) is 9.21. The van der Waals surface area contributed by atoms with Crippen LogP contribution in [0.1, 0.15) is 11.5 Å². The molecule has 0 atom stereocenters. The Morgan fingerprint density at radius 3 is 2.75 bits per heavy atom. The van der Waals surface area contributed by atoms with Crippen molar-refractivity contribution in [2.45, 2.75) is 10.8 Å². The summed E-state index contributed by atoms with van der Waals surface area (Å²) in [5, 5.41) is 8.05. The highest BCUT2D eigenvalue weighted by atomic mass is 32.2. The lowest BCUT2D eigenvalue weighted by Gasteiger charge is -2.27. The molecule has 28 heavy (non-hydrogen) atoms. The Hall–Kier alpha value is -3.04. The molecule has 2 aromatic heterocycles. The highest BCUT2D eigenvalue weighted by Crippen LogP contribution is 2.28. The molecule has 0 bridgehead atoms. The van der Waals surface area contributed by atoms with Crippen LogP contribution in [0.4, 0.5) is 4.39 Å². The van der Waals surface area contributed by atoms with Gasteiger partial charge in [-0.25, -0.2) is 9.37 Å². The molecule has 1 fully saturated rings. The van der Waals surface area contributed by atoms with Crippen LogP contribution in [0, 0.1) is 5.82 Å². The van der Waals surface area contributed by atoms with Gasteiger partial charge in [-0.05, 0) is 35.9 Å². The number of hydrogen-bond donors (Lipinski definition) is 1. The molecule has 1 aliphatic heterocycles. The predicted molar refractivity (Wildman–Crippen MR) is 99.8 cm³/mol. The maximum absolute atomic E-state index is 14.2. The lowest BCUT2D eigenvalue weighted by Crippen LogP contribution is -2.39. The number of aromatic nitrogens is 3. The first kappa shape index (κ1) is 17.1. The van der Waals surface area contributed by atoms with Gasteiger partial charge in [0.25, 0.3) is 10.0 Å². The summed E-state index contributed by atoms with van der Waals surface area (Å²) in [4.78, 5) is 3.81. The van der Waals surface area contributed by atoms with E-state index in [0.29, 0.717) is 11.4 Å². The van der Waals surface area contributed by atoms with Crippen LogP contribution in [-0.4, -0.2) is 35.7 Å². The van der Waals surface area contributed by atoms with Crippen molar-refractivity contribution in [3.63, 3.8) is 0 Å². The van der Waals surface area contributed by atoms with E-state index in [-0.39, 0.29) is 16.2 Å². The molecule has 0 amide bonds. The van der Waals surface area contributed by atoms with Crippen molar-refractivity contribution in [1.82, 2.24) is 19.5 Å². The smallest absolute Gasteiger partial charge is 0.283 e. The Balaban J connectivity index is 1.60. The number of hydrogen-bond acceptors (Lipinski definition) is 6. The number of nitrogens with one attached hydrogen (secondary N) is 1. The van der Waals surface area contributed by atoms with Gasteiger partial charge in [0.2, 0.25) is 0 Å². The van der Waals surface area contributed by atoms with Crippen molar-refractivity contribution < 1.29 is 17.2 Å². The number of halogens is 1. The Kier molecular flexibility index (Phi) is 3.81. The zero-order chi connectivity index (χ0) is 19.3. The third-order valence-electron chi connectivity index (χ3n) is 4.98. The van der Waals surface area contributed by atoms with Gasteiger partial charge in [-0.15, -0.1) is 0 Å². The third kappa shape index (κ3) is 2.62. The molecule has 7 nitrogen and oxygen atoms in total. The lowest BCUT2D eigenvalue weighted by molar-refractivity contribution is 0.449. The Bertz CT molecular complexity index is 1280. The van der Waals surface area contributed by atoms with Crippen molar-refractivity contribution in [2.75, 3.05) is 13.1 Å². The first-order chi connectivity index (χ1) is 13.5. The Morgan fingerprint density at radius 2 is 2.04 bits per heavy atom. The predicted octanol–water partition coefficient (Wildman–Crippen LogP) is 2.75. The fourth-order valence-electron chi connectivity index (χ4n) is 3.30. The number of oxazole rings is 1. The van der Waals surface area contributed by atoms with Crippen LogP contribution in [0.2, 0.25) is 0 Å². The van der Waals surface area contributed by atoms with E-state index in [1.807, 2.05) is 12.1 Å². The minimum atomic E-state index is -4.01. The largest absolute Gasteiger partial charge is 0.451 e. The second-order valence-corrected chi connectivity index (χ2v) is 8.45. The van der Waals surface area contributed by atoms with E-state index in [2.05, 4.69) is 15.4 Å². The normalized spacial score (nSPS) is 15.0. The molecule has 1 N–H and O–H groups in total. The lowest BCUT2D eigenvalue weighted by atomic mass is 9.93. The number of nitrogens with zero attached hydrogens (tertiary/aromatic N) is 3. The second kappa shape index (κ2) is 6.25. The molecule has 5 rings (SSSR count). The fraction of sp³-hybridized carbons (Fsp3) is 0.158. The quantitative estimate of drug-likeness (QED) is 0.569. The first-order valence-corrected chi connectivity index (χ1v) is 10.1. The summed E-state index contributed by atoms with van der Waals surface area (Å²) in [5.41, 5.74) is 1.89. The molecule has 1 saturated heterocycles. The van der Waals surface area contributed by atoms with E-state index in [4.69, 9.17) is 4.42 Å². The zero-order valence-corrected chi connectivity index (χ0v) is 15.4. The zero-order valence-electron chi connectivity index (χ0n) is 14.5. The molecule has 0 saturated carbocycles. The van der Waals surface area contributed by atoms with Gasteiger partial charge in [0.05, 0.1) is 16.6 Å². The summed E-state index contributed by atoms with van der Waals surface area (Å²) in [6.45, 7) is 1.83. The minimum Gasteiger partial charge on any atom is -0.451 e. The average Bonchev–Trinajstić information content (AvgIpc) is 3.30. The summed E-state index contributed by atoms with van der Waals surface area (Å²) in [7, 11) is -4.01. The monoisotopic (exact) mass is 398 g/mol. The van der Waals surface area contributed by atoms with E-state index in [1.54, 1.807) is 6.07 Å². The van der Waals surface area contributed by atoms with Crippen molar-refractivity contribution in [1.29, 1.82) is 0 Å². The summed E-state index contributed by atoms with van der Waals surface area (Å²) in [6.07, 6.45) is 3.95. The summed E-state index contributed by atoms with van der Waals surface area (Å²) in [5.74, 6) is -0.150. The molecule has 1 aliphatic rings. The number of rotatable bonds is 4. The maximum atomic E-state index is 14.2. The molecule has 0 spiro atoms. The highest BCUT2D eigenvalue weighted by molar-refractivity contribution is 7.90. The Morgan fingerprint density at radius 1 is 1.18 bits per heavy atom. The number of benzene rings is 2. The molecule has 142 valence electrons. The molecule has 2 aromatic carbocycles. The molecule has 4 aromatic rings. The van der Waals surface area contributed by atoms with Crippen LogP contribution >= 0.6 is 0 Å². The summed E-state index contributed by atoms with van der Waals surface area (Å²) >= 11 is 0. The van der Waals surface area contributed by atoms with Crippen molar-refractivity contribution >= 4 is 20.9 Å². The molecule has 0 unspecified atom stereocenters. The van der Waals surface area contributed by atoms with E-state index in [1.165, 1.54) is 24.6 Å². The Labute approximate surface area is 159 Å². The minimum absolute atomic E-state index is 0.0473. The van der Waals surface area contributed by atoms with Crippen LogP contribution < -0.4 is 5.32 Å². The number of fused-ring (bicyclic) bond motifs is 1. The molecule has 0 aliphatic carbocycles. The van der Waals surface area contributed by atoms with Crippen molar-refractivity contribution in [3.05, 3.63) is 66.6 Å². The highest BCUT2D eigenvalue weighted by Gasteiger charge is 2.24. The van der Waals surface area contributed by atoms with E-state index in [9.17, 15) is 12.8 Å². The molecule has 0 radical (unpaired) electrons. The van der Waals surface area contributed by atoms with E-state index in [0.717, 1.165) is 40.6 Å². The van der Waals surface area contributed by atoms with Crippen LogP contribution in [-0.2, 0) is 10.0 Å². The summed E-state index contributed by atoms with van der Waals surface area (Å²) < 4.78 is 46.3. The average molecular weight is 398 g/mol. The van der Waals surface area contributed by atoms with Crippen LogP contribution in [0.15, 0.2) is 64.6 Å². The van der Waals surface area contributed by atoms with Crippen LogP contribution in [0.5, 0.6) is 0 Å². The molecule has 3 heterocycles. The van der Waals surface area contributed by atoms with Gasteiger partial charge in [-0.3, -0.25) is 0 Å². The first-order valence-electron chi connectivity index (χ1n) is 8.66. The van der Waals surface area contributed by atoms with Gasteiger partial charge < -0.3 is 9.73 Å². The van der Waals surface area contributed by atoms with E-state index < -0.39 is 15.8 Å². The van der Waals surface area contributed by atoms with Gasteiger partial charge in [-0.1, -0.05) is 6.07 Å². The topological polar surface area (TPSA) is 90.0 Å². The van der Waals surface area contributed by atoms with Crippen LogP contribution in [0.3, 0.4) is 0 Å². The molecular formula is C19H15FN4O3S. The van der Waals surface area contributed by atoms with Gasteiger partial charge in [-0.2, -0.15) is 17.6 Å². The van der Waals surface area contributed by atoms with Gasteiger partial charge >= 0.3 is 0 Å².